The van der Waals surface area contributed by atoms with Crippen LogP contribution in [0, 0.1) is 0 Å². The molecule has 1 N–H and O–H groups in total. The first-order valence-electron chi connectivity index (χ1n) is 7.47. The zero-order valence-corrected chi connectivity index (χ0v) is 15.2. The van der Waals surface area contributed by atoms with Gasteiger partial charge in [0, 0.05) is 25.8 Å². The Hall–Kier alpha value is -1.51. The normalized spacial score (nSPS) is 19.0. The Labute approximate surface area is 146 Å². The average Bonchev–Trinajstić information content (AvgIpc) is 2.89. The number of hydrogen-bond donors (Lipinski definition) is 1. The molecule has 0 saturated carbocycles. The van der Waals surface area contributed by atoms with E-state index >= 15 is 0 Å². The molecule has 0 spiro atoms. The zero-order valence-electron chi connectivity index (χ0n) is 13.6. The molecule has 7 nitrogen and oxygen atoms in total. The highest BCUT2D eigenvalue weighted by Gasteiger charge is 2.34. The maximum Gasteiger partial charge on any atom is 0.322 e. The molecule has 1 aromatic rings. The minimum Gasteiger partial charge on any atom is -0.497 e. The molecule has 24 heavy (non-hydrogen) atoms. The quantitative estimate of drug-likeness (QED) is 0.820. The molecular weight excluding hydrogens is 356 g/mol. The van der Waals surface area contributed by atoms with Crippen molar-refractivity contribution in [1.82, 2.24) is 4.90 Å². The standard InChI is InChI=1S/C15H21ClN2O5S/c1-22-7-6-18(11-5-8-24(20,21)10-11)15(19)17-14-4-3-12(23-2)9-13(14)16/h3-4,9,11H,5-8,10H2,1-2H3,(H,17,19). The van der Waals surface area contributed by atoms with Crippen LogP contribution in [0.5, 0.6) is 5.75 Å². The van der Waals surface area contributed by atoms with E-state index in [4.69, 9.17) is 21.1 Å². The fraction of sp³-hybridized carbons (Fsp3) is 0.533. The number of carbonyl (C=O) groups is 1. The molecule has 0 aromatic heterocycles. The first-order chi connectivity index (χ1) is 11.4. The number of amides is 2. The summed E-state index contributed by atoms with van der Waals surface area (Å²) in [6, 6.07) is 4.15. The number of sulfone groups is 1. The fourth-order valence-corrected chi connectivity index (χ4v) is 4.52. The van der Waals surface area contributed by atoms with Gasteiger partial charge in [-0.3, -0.25) is 0 Å². The van der Waals surface area contributed by atoms with E-state index in [1.165, 1.54) is 19.1 Å². The van der Waals surface area contributed by atoms with Crippen LogP contribution in [-0.2, 0) is 14.6 Å². The largest absolute Gasteiger partial charge is 0.497 e. The first kappa shape index (κ1) is 18.8. The summed E-state index contributed by atoms with van der Waals surface area (Å²) in [6.07, 6.45) is 0.426. The van der Waals surface area contributed by atoms with Crippen LogP contribution >= 0.6 is 11.6 Å². The molecule has 0 aliphatic carbocycles. The number of carbonyl (C=O) groups excluding carboxylic acids is 1. The summed E-state index contributed by atoms with van der Waals surface area (Å²) in [7, 11) is -0.0398. The van der Waals surface area contributed by atoms with E-state index in [1.807, 2.05) is 0 Å². The fourth-order valence-electron chi connectivity index (χ4n) is 2.57. The minimum absolute atomic E-state index is 0.0273. The van der Waals surface area contributed by atoms with Gasteiger partial charge in [0.05, 0.1) is 35.9 Å². The zero-order chi connectivity index (χ0) is 17.7. The number of halogens is 1. The van der Waals surface area contributed by atoms with Crippen LogP contribution in [0.15, 0.2) is 18.2 Å². The predicted octanol–water partition coefficient (Wildman–Crippen LogP) is 2.02. The smallest absolute Gasteiger partial charge is 0.322 e. The molecule has 9 heteroatoms. The summed E-state index contributed by atoms with van der Waals surface area (Å²) >= 11 is 6.13. The maximum atomic E-state index is 12.6. The first-order valence-corrected chi connectivity index (χ1v) is 9.66. The molecule has 2 amide bonds. The Kier molecular flexibility index (Phi) is 6.31. The molecule has 1 aromatic carbocycles. The van der Waals surface area contributed by atoms with Crippen molar-refractivity contribution in [1.29, 1.82) is 0 Å². The number of ether oxygens (including phenoxy) is 2. The third kappa shape index (κ3) is 4.75. The van der Waals surface area contributed by atoms with Crippen LogP contribution < -0.4 is 10.1 Å². The SMILES string of the molecule is COCCN(C(=O)Nc1ccc(OC)cc1Cl)C1CCS(=O)(=O)C1. The molecule has 134 valence electrons. The number of urea groups is 1. The Balaban J connectivity index is 2.13. The average molecular weight is 377 g/mol. The summed E-state index contributed by atoms with van der Waals surface area (Å²) in [5.74, 6) is 0.647. The van der Waals surface area contributed by atoms with E-state index in [1.54, 1.807) is 18.2 Å². The van der Waals surface area contributed by atoms with Gasteiger partial charge in [0.25, 0.3) is 0 Å². The van der Waals surface area contributed by atoms with Crippen LogP contribution in [0.1, 0.15) is 6.42 Å². The molecule has 1 saturated heterocycles. The number of benzene rings is 1. The predicted molar refractivity (Wildman–Crippen MR) is 92.7 cm³/mol. The number of hydrogen-bond acceptors (Lipinski definition) is 5. The Morgan fingerprint density at radius 1 is 1.42 bits per heavy atom. The molecule has 1 atom stereocenters. The van der Waals surface area contributed by atoms with Gasteiger partial charge in [0.1, 0.15) is 5.75 Å². The Morgan fingerprint density at radius 3 is 2.71 bits per heavy atom. The van der Waals surface area contributed by atoms with E-state index in [2.05, 4.69) is 5.32 Å². The van der Waals surface area contributed by atoms with Gasteiger partial charge in [-0.05, 0) is 18.6 Å². The molecule has 1 fully saturated rings. The van der Waals surface area contributed by atoms with Crippen molar-refractivity contribution < 1.29 is 22.7 Å². The summed E-state index contributed by atoms with van der Waals surface area (Å²) in [5.41, 5.74) is 0.436. The molecule has 1 aliphatic heterocycles. The van der Waals surface area contributed by atoms with E-state index in [0.717, 1.165) is 0 Å². The van der Waals surface area contributed by atoms with E-state index < -0.39 is 15.9 Å². The van der Waals surface area contributed by atoms with Gasteiger partial charge < -0.3 is 19.7 Å². The summed E-state index contributed by atoms with van der Waals surface area (Å²) in [5, 5.41) is 3.07. The van der Waals surface area contributed by atoms with Gasteiger partial charge in [-0.25, -0.2) is 13.2 Å². The Morgan fingerprint density at radius 2 is 2.17 bits per heavy atom. The third-order valence-corrected chi connectivity index (χ3v) is 5.93. The summed E-state index contributed by atoms with van der Waals surface area (Å²) in [6.45, 7) is 0.622. The molecule has 0 bridgehead atoms. The van der Waals surface area contributed by atoms with Crippen LogP contribution in [0.4, 0.5) is 10.5 Å². The van der Waals surface area contributed by atoms with E-state index in [9.17, 15) is 13.2 Å². The highest BCUT2D eigenvalue weighted by Crippen LogP contribution is 2.27. The number of methoxy groups -OCH3 is 2. The topological polar surface area (TPSA) is 84.9 Å². The molecule has 1 unspecified atom stereocenters. The van der Waals surface area contributed by atoms with Crippen molar-refractivity contribution in [3.05, 3.63) is 23.2 Å². The van der Waals surface area contributed by atoms with E-state index in [0.29, 0.717) is 36.0 Å². The van der Waals surface area contributed by atoms with E-state index in [-0.39, 0.29) is 17.5 Å². The lowest BCUT2D eigenvalue weighted by molar-refractivity contribution is 0.140. The second-order valence-electron chi connectivity index (χ2n) is 5.52. The van der Waals surface area contributed by atoms with Gasteiger partial charge in [0.2, 0.25) is 0 Å². The third-order valence-electron chi connectivity index (χ3n) is 3.86. The van der Waals surface area contributed by atoms with Crippen molar-refractivity contribution in [2.45, 2.75) is 12.5 Å². The van der Waals surface area contributed by atoms with Crippen molar-refractivity contribution in [2.24, 2.45) is 0 Å². The monoisotopic (exact) mass is 376 g/mol. The lowest BCUT2D eigenvalue weighted by Crippen LogP contribution is -2.45. The van der Waals surface area contributed by atoms with Crippen LogP contribution in [-0.4, -0.2) is 64.3 Å². The second kappa shape index (κ2) is 8.04. The van der Waals surface area contributed by atoms with Gasteiger partial charge in [0.15, 0.2) is 9.84 Å². The molecule has 1 heterocycles. The maximum absolute atomic E-state index is 12.6. The molecule has 0 radical (unpaired) electrons. The van der Waals surface area contributed by atoms with Crippen LogP contribution in [0.3, 0.4) is 0 Å². The van der Waals surface area contributed by atoms with Crippen LogP contribution in [0.2, 0.25) is 5.02 Å². The highest BCUT2D eigenvalue weighted by atomic mass is 35.5. The second-order valence-corrected chi connectivity index (χ2v) is 8.15. The molecule has 1 aliphatic rings. The minimum atomic E-state index is -3.09. The van der Waals surface area contributed by atoms with Gasteiger partial charge in [-0.15, -0.1) is 0 Å². The molecule has 2 rings (SSSR count). The molecular formula is C15H21ClN2O5S. The number of nitrogens with one attached hydrogen (secondary N) is 1. The van der Waals surface area contributed by atoms with Crippen molar-refractivity contribution in [3.63, 3.8) is 0 Å². The Bertz CT molecular complexity index is 695. The van der Waals surface area contributed by atoms with Gasteiger partial charge in [-0.2, -0.15) is 0 Å². The lowest BCUT2D eigenvalue weighted by Gasteiger charge is -2.28. The van der Waals surface area contributed by atoms with Gasteiger partial charge >= 0.3 is 6.03 Å². The highest BCUT2D eigenvalue weighted by molar-refractivity contribution is 7.91. The number of anilines is 1. The van der Waals surface area contributed by atoms with Crippen molar-refractivity contribution >= 4 is 33.2 Å². The van der Waals surface area contributed by atoms with Crippen LogP contribution in [0.25, 0.3) is 0 Å². The van der Waals surface area contributed by atoms with Crippen molar-refractivity contribution in [3.8, 4) is 5.75 Å². The number of nitrogens with zero attached hydrogens (tertiary/aromatic N) is 1. The summed E-state index contributed by atoms with van der Waals surface area (Å²) in [4.78, 5) is 14.1. The lowest BCUT2D eigenvalue weighted by atomic mass is 10.2. The number of rotatable bonds is 6. The van der Waals surface area contributed by atoms with Crippen molar-refractivity contribution in [2.75, 3.05) is 44.2 Å². The summed E-state index contributed by atoms with van der Waals surface area (Å²) < 4.78 is 33.5. The van der Waals surface area contributed by atoms with Gasteiger partial charge in [-0.1, -0.05) is 11.6 Å².